The highest BCUT2D eigenvalue weighted by Gasteiger charge is 2.34. The van der Waals surface area contributed by atoms with Gasteiger partial charge >= 0.3 is 0 Å². The summed E-state index contributed by atoms with van der Waals surface area (Å²) in [4.78, 5) is 15.6. The molecule has 0 radical (unpaired) electrons. The number of benzene rings is 3. The Morgan fingerprint density at radius 1 is 0.833 bits per heavy atom. The van der Waals surface area contributed by atoms with E-state index < -0.39 is 0 Å². The van der Waals surface area contributed by atoms with Gasteiger partial charge in [0.25, 0.3) is 5.91 Å². The van der Waals surface area contributed by atoms with E-state index >= 15 is 0 Å². The lowest BCUT2D eigenvalue weighted by atomic mass is 9.87. The number of methoxy groups -OCH3 is 3. The maximum atomic E-state index is 13.6. The maximum absolute atomic E-state index is 13.6. The van der Waals surface area contributed by atoms with Gasteiger partial charge in [0, 0.05) is 6.54 Å². The van der Waals surface area contributed by atoms with Crippen LogP contribution in [0, 0.1) is 0 Å². The number of ether oxygens (including phenoxy) is 3. The van der Waals surface area contributed by atoms with Crippen LogP contribution in [0.1, 0.15) is 33.1 Å². The van der Waals surface area contributed by atoms with Crippen LogP contribution in [0.3, 0.4) is 0 Å². The van der Waals surface area contributed by atoms with Crippen molar-refractivity contribution in [3.05, 3.63) is 89.0 Å². The monoisotopic (exact) mass is 403 g/mol. The number of para-hydroxylation sites is 1. The van der Waals surface area contributed by atoms with E-state index in [1.54, 1.807) is 21.3 Å². The van der Waals surface area contributed by atoms with Crippen LogP contribution in [-0.4, -0.2) is 38.7 Å². The first-order valence-electron chi connectivity index (χ1n) is 9.91. The quantitative estimate of drug-likeness (QED) is 0.629. The smallest absolute Gasteiger partial charge is 0.258 e. The number of hydrogen-bond donors (Lipinski definition) is 0. The predicted molar refractivity (Wildman–Crippen MR) is 116 cm³/mol. The Morgan fingerprint density at radius 2 is 1.47 bits per heavy atom. The lowest BCUT2D eigenvalue weighted by molar-refractivity contribution is 0.0690. The molecule has 0 bridgehead atoms. The van der Waals surface area contributed by atoms with Crippen LogP contribution < -0.4 is 14.2 Å². The van der Waals surface area contributed by atoms with Crippen LogP contribution in [0.2, 0.25) is 0 Å². The van der Waals surface area contributed by atoms with Gasteiger partial charge in [-0.1, -0.05) is 42.5 Å². The van der Waals surface area contributed by atoms with Gasteiger partial charge in [0.2, 0.25) is 0 Å². The van der Waals surface area contributed by atoms with Gasteiger partial charge in [0.15, 0.2) is 11.5 Å². The van der Waals surface area contributed by atoms with Crippen molar-refractivity contribution in [2.75, 3.05) is 27.9 Å². The number of carbonyl (C=O) groups is 1. The summed E-state index contributed by atoms with van der Waals surface area (Å²) in [6.07, 6.45) is 0.736. The summed E-state index contributed by atoms with van der Waals surface area (Å²) in [6, 6.07) is 21.2. The molecule has 1 heterocycles. The third kappa shape index (κ3) is 3.47. The Morgan fingerprint density at radius 3 is 2.17 bits per heavy atom. The molecule has 0 spiro atoms. The van der Waals surface area contributed by atoms with Gasteiger partial charge in [-0.2, -0.15) is 0 Å². The minimum Gasteiger partial charge on any atom is -0.496 e. The van der Waals surface area contributed by atoms with Crippen molar-refractivity contribution >= 4 is 5.91 Å². The van der Waals surface area contributed by atoms with Gasteiger partial charge in [-0.3, -0.25) is 4.79 Å². The number of nitrogens with zero attached hydrogens (tertiary/aromatic N) is 1. The predicted octanol–water partition coefficient (Wildman–Crippen LogP) is 4.50. The zero-order valence-corrected chi connectivity index (χ0v) is 17.4. The number of rotatable bonds is 5. The van der Waals surface area contributed by atoms with E-state index in [0.29, 0.717) is 29.4 Å². The molecule has 30 heavy (non-hydrogen) atoms. The minimum absolute atomic E-state index is 0.0539. The van der Waals surface area contributed by atoms with E-state index in [1.807, 2.05) is 59.5 Å². The molecule has 0 saturated heterocycles. The summed E-state index contributed by atoms with van der Waals surface area (Å²) in [6.45, 7) is 0.596. The highest BCUT2D eigenvalue weighted by molar-refractivity contribution is 5.97. The van der Waals surface area contributed by atoms with Crippen molar-refractivity contribution in [2.45, 2.75) is 12.5 Å². The van der Waals surface area contributed by atoms with Gasteiger partial charge in [-0.25, -0.2) is 0 Å². The molecule has 0 fully saturated rings. The van der Waals surface area contributed by atoms with E-state index in [0.717, 1.165) is 23.1 Å². The van der Waals surface area contributed by atoms with Gasteiger partial charge in [0.1, 0.15) is 5.75 Å². The Bertz CT molecular complexity index is 1050. The second-order valence-corrected chi connectivity index (χ2v) is 7.17. The zero-order valence-electron chi connectivity index (χ0n) is 17.4. The van der Waals surface area contributed by atoms with Crippen LogP contribution in [0.5, 0.6) is 17.2 Å². The van der Waals surface area contributed by atoms with Crippen LogP contribution in [0.25, 0.3) is 0 Å². The molecule has 1 atom stereocenters. The molecule has 0 aromatic heterocycles. The van der Waals surface area contributed by atoms with E-state index in [2.05, 4.69) is 12.1 Å². The molecule has 0 saturated carbocycles. The number of hydrogen-bond acceptors (Lipinski definition) is 4. The van der Waals surface area contributed by atoms with Crippen LogP contribution >= 0.6 is 0 Å². The summed E-state index contributed by atoms with van der Waals surface area (Å²) in [5.41, 5.74) is 3.82. The van der Waals surface area contributed by atoms with E-state index in [-0.39, 0.29) is 11.9 Å². The average Bonchev–Trinajstić information content (AvgIpc) is 2.82. The normalized spacial score (nSPS) is 15.3. The summed E-state index contributed by atoms with van der Waals surface area (Å²) < 4.78 is 16.5. The highest BCUT2D eigenvalue weighted by atomic mass is 16.5. The molecule has 5 heteroatoms. The van der Waals surface area contributed by atoms with E-state index in [1.165, 1.54) is 0 Å². The fraction of sp³-hybridized carbons (Fsp3) is 0.240. The fourth-order valence-electron chi connectivity index (χ4n) is 4.14. The zero-order chi connectivity index (χ0) is 21.1. The van der Waals surface area contributed by atoms with Crippen molar-refractivity contribution < 1.29 is 19.0 Å². The van der Waals surface area contributed by atoms with E-state index in [4.69, 9.17) is 14.2 Å². The third-order valence-corrected chi connectivity index (χ3v) is 5.59. The molecule has 1 unspecified atom stereocenters. The molecule has 0 aliphatic carbocycles. The van der Waals surface area contributed by atoms with E-state index in [9.17, 15) is 4.79 Å². The van der Waals surface area contributed by atoms with Crippen molar-refractivity contribution in [1.82, 2.24) is 4.90 Å². The topological polar surface area (TPSA) is 48.0 Å². The molecule has 0 N–H and O–H groups in total. The third-order valence-electron chi connectivity index (χ3n) is 5.59. The summed E-state index contributed by atoms with van der Waals surface area (Å²) in [5, 5.41) is 0. The first-order chi connectivity index (χ1) is 14.7. The molecule has 1 aliphatic heterocycles. The summed E-state index contributed by atoms with van der Waals surface area (Å²) >= 11 is 0. The molecule has 3 aromatic carbocycles. The van der Waals surface area contributed by atoms with Crippen molar-refractivity contribution in [2.24, 2.45) is 0 Å². The molecular formula is C25H25NO4. The minimum atomic E-state index is -0.229. The lowest BCUT2D eigenvalue weighted by Gasteiger charge is -2.38. The second-order valence-electron chi connectivity index (χ2n) is 7.17. The molecule has 3 aromatic rings. The van der Waals surface area contributed by atoms with Gasteiger partial charge in [0.05, 0.1) is 32.9 Å². The molecule has 1 amide bonds. The standard InChI is InChI=1S/C25H25NO4/c1-28-21-12-8-7-11-19(21)25(27)26-14-13-18-15-22(29-2)23(30-3)16-20(18)24(26)17-9-5-4-6-10-17/h4-12,15-16,24H,13-14H2,1-3H3. The highest BCUT2D eigenvalue weighted by Crippen LogP contribution is 2.41. The second kappa shape index (κ2) is 8.49. The van der Waals surface area contributed by atoms with Crippen LogP contribution in [-0.2, 0) is 6.42 Å². The van der Waals surface area contributed by atoms with Gasteiger partial charge < -0.3 is 19.1 Å². The first-order valence-corrected chi connectivity index (χ1v) is 9.91. The molecular weight excluding hydrogens is 378 g/mol. The van der Waals surface area contributed by atoms with Crippen LogP contribution in [0.15, 0.2) is 66.7 Å². The Labute approximate surface area is 176 Å². The van der Waals surface area contributed by atoms with Crippen molar-refractivity contribution in [1.29, 1.82) is 0 Å². The van der Waals surface area contributed by atoms with Crippen molar-refractivity contribution in [3.8, 4) is 17.2 Å². The first kappa shape index (κ1) is 19.8. The number of amides is 1. The Hall–Kier alpha value is -3.47. The molecule has 4 rings (SSSR count). The molecule has 5 nitrogen and oxygen atoms in total. The lowest BCUT2D eigenvalue weighted by Crippen LogP contribution is -2.40. The Balaban J connectivity index is 1.85. The van der Waals surface area contributed by atoms with Crippen LogP contribution in [0.4, 0.5) is 0 Å². The SMILES string of the molecule is COc1cc2c(cc1OC)C(c1ccccc1)N(C(=O)c1ccccc1OC)CC2. The maximum Gasteiger partial charge on any atom is 0.258 e. The fourth-order valence-corrected chi connectivity index (χ4v) is 4.14. The summed E-state index contributed by atoms with van der Waals surface area (Å²) in [7, 11) is 4.85. The summed E-state index contributed by atoms with van der Waals surface area (Å²) in [5.74, 6) is 1.88. The number of carbonyl (C=O) groups excluding carboxylic acids is 1. The molecule has 1 aliphatic rings. The van der Waals surface area contributed by atoms with Gasteiger partial charge in [-0.15, -0.1) is 0 Å². The Kier molecular flexibility index (Phi) is 5.61. The largest absolute Gasteiger partial charge is 0.496 e. The average molecular weight is 403 g/mol. The van der Waals surface area contributed by atoms with Crippen molar-refractivity contribution in [3.63, 3.8) is 0 Å². The molecule has 154 valence electrons. The van der Waals surface area contributed by atoms with Gasteiger partial charge in [-0.05, 0) is 47.4 Å². The number of fused-ring (bicyclic) bond motifs is 1.